The first-order valence-corrected chi connectivity index (χ1v) is 6.69. The molecule has 5 heteroatoms. The van der Waals surface area contributed by atoms with E-state index in [0.717, 1.165) is 0 Å². The summed E-state index contributed by atoms with van der Waals surface area (Å²) in [7, 11) is 1.32. The lowest BCUT2D eigenvalue weighted by atomic mass is 9.74. The van der Waals surface area contributed by atoms with Crippen LogP contribution in [-0.2, 0) is 14.3 Å². The minimum Gasteiger partial charge on any atom is -0.470 e. The normalized spacial score (nSPS) is 27.2. The zero-order valence-corrected chi connectivity index (χ0v) is 11.9. The first kappa shape index (κ1) is 13.2. The van der Waals surface area contributed by atoms with Gasteiger partial charge in [0, 0.05) is 28.5 Å². The molecule has 0 saturated heterocycles. The Balaban J connectivity index is 2.25. The fraction of sp³-hybridized carbons (Fsp3) is 0.333. The van der Waals surface area contributed by atoms with Crippen molar-refractivity contribution in [2.24, 2.45) is 5.92 Å². The summed E-state index contributed by atoms with van der Waals surface area (Å²) in [6.45, 7) is 1.81. The van der Waals surface area contributed by atoms with Crippen LogP contribution in [0.15, 0.2) is 24.3 Å². The Morgan fingerprint density at radius 3 is 2.95 bits per heavy atom. The van der Waals surface area contributed by atoms with Crippen molar-refractivity contribution in [2.75, 3.05) is 7.11 Å². The van der Waals surface area contributed by atoms with Gasteiger partial charge in [0.05, 0.1) is 7.11 Å². The maximum absolute atomic E-state index is 12.3. The second-order valence-corrected chi connectivity index (χ2v) is 5.54. The quantitative estimate of drug-likeness (QED) is 0.747. The van der Waals surface area contributed by atoms with Gasteiger partial charge in [-0.2, -0.15) is 0 Å². The molecule has 0 bridgehead atoms. The van der Waals surface area contributed by atoms with Crippen LogP contribution in [0.2, 0.25) is 5.02 Å². The molecule has 104 valence electrons. The molecule has 0 saturated carbocycles. The molecule has 0 unspecified atom stereocenters. The number of hydrogen-bond donors (Lipinski definition) is 0. The molecule has 0 fully saturated rings. The summed E-state index contributed by atoms with van der Waals surface area (Å²) >= 11 is 6.00. The fourth-order valence-electron chi connectivity index (χ4n) is 2.95. The zero-order valence-electron chi connectivity index (χ0n) is 11.1. The van der Waals surface area contributed by atoms with Crippen LogP contribution >= 0.6 is 11.6 Å². The lowest BCUT2D eigenvalue weighted by Gasteiger charge is -2.35. The van der Waals surface area contributed by atoms with Crippen LogP contribution in [0.4, 0.5) is 0 Å². The Morgan fingerprint density at radius 2 is 2.25 bits per heavy atom. The Morgan fingerprint density at radius 1 is 1.50 bits per heavy atom. The minimum absolute atomic E-state index is 0.0246. The minimum atomic E-state index is -1.24. The number of rotatable bonds is 1. The number of carbonyl (C=O) groups excluding carboxylic acids is 2. The van der Waals surface area contributed by atoms with Gasteiger partial charge in [0.25, 0.3) is 0 Å². The highest BCUT2D eigenvalue weighted by Crippen LogP contribution is 2.51. The number of carbonyl (C=O) groups is 2. The van der Waals surface area contributed by atoms with Crippen LogP contribution in [0.25, 0.3) is 5.57 Å². The van der Waals surface area contributed by atoms with Crippen molar-refractivity contribution < 1.29 is 19.1 Å². The van der Waals surface area contributed by atoms with E-state index < -0.39 is 11.6 Å². The van der Waals surface area contributed by atoms with E-state index in [-0.39, 0.29) is 18.1 Å². The highest BCUT2D eigenvalue weighted by atomic mass is 35.5. The maximum atomic E-state index is 12.3. The molecule has 1 aliphatic carbocycles. The number of hydrogen-bond acceptors (Lipinski definition) is 4. The van der Waals surface area contributed by atoms with Gasteiger partial charge in [0.15, 0.2) is 5.78 Å². The second kappa shape index (κ2) is 4.35. The molecule has 1 aromatic carbocycles. The van der Waals surface area contributed by atoms with Gasteiger partial charge in [0.2, 0.25) is 5.60 Å². The van der Waals surface area contributed by atoms with Gasteiger partial charge in [-0.25, -0.2) is 4.79 Å². The molecule has 2 aliphatic rings. The van der Waals surface area contributed by atoms with E-state index in [1.54, 1.807) is 18.2 Å². The molecule has 3 rings (SSSR count). The summed E-state index contributed by atoms with van der Waals surface area (Å²) in [6, 6.07) is 5.10. The number of benzene rings is 1. The molecule has 4 nitrogen and oxygen atoms in total. The van der Waals surface area contributed by atoms with Crippen LogP contribution < -0.4 is 4.74 Å². The first-order valence-electron chi connectivity index (χ1n) is 6.31. The van der Waals surface area contributed by atoms with Crippen molar-refractivity contribution in [2.45, 2.75) is 18.9 Å². The number of allylic oxidation sites excluding steroid dienone is 1. The zero-order chi connectivity index (χ0) is 14.5. The lowest BCUT2D eigenvalue weighted by Crippen LogP contribution is -2.51. The standard InChI is InChI=1S/C15H13ClO4/c1-8-5-10(17)7-12-11-6-9(16)3-4-13(11)20-15(8,12)14(18)19-2/h3-4,6-8H,5H2,1-2H3/t8-,15-/m0/s1. The van der Waals surface area contributed by atoms with E-state index in [2.05, 4.69) is 0 Å². The molecular formula is C15H13ClO4. The molecule has 0 radical (unpaired) electrons. The Kier molecular flexibility index (Phi) is 2.87. The Hall–Kier alpha value is -1.81. The Bertz CT molecular complexity index is 649. The average molecular weight is 293 g/mol. The smallest absolute Gasteiger partial charge is 0.355 e. The SMILES string of the molecule is COC(=O)[C@@]12Oc3ccc(Cl)cc3C1=CC(=O)C[C@@H]2C. The molecule has 2 atom stereocenters. The van der Waals surface area contributed by atoms with Gasteiger partial charge in [-0.05, 0) is 24.3 Å². The summed E-state index contributed by atoms with van der Waals surface area (Å²) < 4.78 is 10.8. The molecule has 1 heterocycles. The number of methoxy groups -OCH3 is 1. The van der Waals surface area contributed by atoms with Crippen molar-refractivity contribution >= 4 is 28.9 Å². The predicted octanol–water partition coefficient (Wildman–Crippen LogP) is 2.64. The van der Waals surface area contributed by atoms with Crippen LogP contribution in [0.1, 0.15) is 18.9 Å². The van der Waals surface area contributed by atoms with Crippen LogP contribution in [-0.4, -0.2) is 24.5 Å². The van der Waals surface area contributed by atoms with Crippen molar-refractivity contribution in [3.63, 3.8) is 0 Å². The summed E-state index contributed by atoms with van der Waals surface area (Å²) in [5, 5.41) is 0.527. The van der Waals surface area contributed by atoms with E-state index in [9.17, 15) is 9.59 Å². The van der Waals surface area contributed by atoms with E-state index in [1.807, 2.05) is 6.92 Å². The monoisotopic (exact) mass is 292 g/mol. The van der Waals surface area contributed by atoms with Gasteiger partial charge < -0.3 is 9.47 Å². The van der Waals surface area contributed by atoms with Gasteiger partial charge in [-0.15, -0.1) is 0 Å². The van der Waals surface area contributed by atoms with Crippen molar-refractivity contribution in [1.29, 1.82) is 0 Å². The maximum Gasteiger partial charge on any atom is 0.355 e. The van der Waals surface area contributed by atoms with Gasteiger partial charge in [-0.3, -0.25) is 4.79 Å². The highest BCUT2D eigenvalue weighted by Gasteiger charge is 2.57. The summed E-state index contributed by atoms with van der Waals surface area (Å²) in [5.41, 5.74) is -0.0104. The third kappa shape index (κ3) is 1.61. The number of ketones is 1. The number of fused-ring (bicyclic) bond motifs is 3. The molecular weight excluding hydrogens is 280 g/mol. The van der Waals surface area contributed by atoms with Crippen molar-refractivity contribution in [3.8, 4) is 5.75 Å². The lowest BCUT2D eigenvalue weighted by molar-refractivity contribution is -0.157. The van der Waals surface area contributed by atoms with Gasteiger partial charge >= 0.3 is 5.97 Å². The number of ether oxygens (including phenoxy) is 2. The first-order chi connectivity index (χ1) is 9.49. The molecule has 0 amide bonds. The number of halogens is 1. The van der Waals surface area contributed by atoms with E-state index in [4.69, 9.17) is 21.1 Å². The molecule has 1 aromatic rings. The topological polar surface area (TPSA) is 52.6 Å². The molecule has 0 N–H and O–H groups in total. The van der Waals surface area contributed by atoms with Crippen molar-refractivity contribution in [3.05, 3.63) is 34.9 Å². The van der Waals surface area contributed by atoms with E-state index >= 15 is 0 Å². The third-order valence-corrected chi connectivity index (χ3v) is 4.13. The van der Waals surface area contributed by atoms with Crippen LogP contribution in [0, 0.1) is 5.92 Å². The van der Waals surface area contributed by atoms with Crippen molar-refractivity contribution in [1.82, 2.24) is 0 Å². The van der Waals surface area contributed by atoms with Crippen LogP contribution in [0.3, 0.4) is 0 Å². The average Bonchev–Trinajstić information content (AvgIpc) is 2.73. The van der Waals surface area contributed by atoms with E-state index in [0.29, 0.717) is 21.9 Å². The molecule has 20 heavy (non-hydrogen) atoms. The largest absolute Gasteiger partial charge is 0.470 e. The van der Waals surface area contributed by atoms with Gasteiger partial charge in [-0.1, -0.05) is 18.5 Å². The number of esters is 1. The highest BCUT2D eigenvalue weighted by molar-refractivity contribution is 6.31. The third-order valence-electron chi connectivity index (χ3n) is 3.90. The van der Waals surface area contributed by atoms with E-state index in [1.165, 1.54) is 13.2 Å². The summed E-state index contributed by atoms with van der Waals surface area (Å²) in [4.78, 5) is 24.2. The second-order valence-electron chi connectivity index (χ2n) is 5.10. The van der Waals surface area contributed by atoms with Crippen LogP contribution in [0.5, 0.6) is 5.75 Å². The fourth-order valence-corrected chi connectivity index (χ4v) is 3.12. The molecule has 0 spiro atoms. The Labute approximate surface area is 121 Å². The summed E-state index contributed by atoms with van der Waals surface area (Å²) in [5.74, 6) is -0.263. The molecule has 0 aromatic heterocycles. The predicted molar refractivity (Wildman–Crippen MR) is 73.6 cm³/mol. The molecule has 1 aliphatic heterocycles. The van der Waals surface area contributed by atoms with Gasteiger partial charge in [0.1, 0.15) is 5.75 Å². The summed E-state index contributed by atoms with van der Waals surface area (Å²) in [6.07, 6.45) is 1.72.